The molecule has 0 aliphatic rings. The Labute approximate surface area is 156 Å². The number of aromatic carboxylic acids is 1. The van der Waals surface area contributed by atoms with Gasteiger partial charge in [0.1, 0.15) is 0 Å². The summed E-state index contributed by atoms with van der Waals surface area (Å²) in [5.41, 5.74) is 1.33. The van der Waals surface area contributed by atoms with Gasteiger partial charge in [0, 0.05) is 53.4 Å². The molecule has 3 heterocycles. The molecular weight excluding hydrogens is 366 g/mol. The Kier molecular flexibility index (Phi) is 9.30. The van der Waals surface area contributed by atoms with Crippen molar-refractivity contribution < 1.29 is 27.0 Å². The number of rotatable bonds is 1. The van der Waals surface area contributed by atoms with E-state index in [1.165, 1.54) is 29.9 Å². The van der Waals surface area contributed by atoms with Gasteiger partial charge in [-0.2, -0.15) is 0 Å². The van der Waals surface area contributed by atoms with Gasteiger partial charge >= 0.3 is 5.97 Å². The second-order valence-corrected chi connectivity index (χ2v) is 4.62. The van der Waals surface area contributed by atoms with E-state index in [-0.39, 0.29) is 22.6 Å². The van der Waals surface area contributed by atoms with Gasteiger partial charge < -0.3 is 10.1 Å². The summed E-state index contributed by atoms with van der Waals surface area (Å²) in [6.07, 6.45) is 8.45. The topological polar surface area (TPSA) is 78.9 Å². The summed E-state index contributed by atoms with van der Waals surface area (Å²) in [5.74, 6) is -0.919. The number of aromatic amines is 1. The molecule has 25 heavy (non-hydrogen) atoms. The zero-order chi connectivity index (χ0) is 17.0. The fraction of sp³-hybridized carbons (Fsp3) is 0. The largest absolute Gasteiger partial charge is 0.478 e. The molecule has 4 rings (SSSR count). The number of hydrogen-bond acceptors (Lipinski definition) is 3. The second-order valence-electron chi connectivity index (χ2n) is 4.62. The number of carboxylic acids is 1. The van der Waals surface area contributed by atoms with Crippen LogP contribution in [0.3, 0.4) is 0 Å². The number of hydrogen-bond donors (Lipinski definition) is 2. The molecule has 0 saturated heterocycles. The molecule has 1 aromatic carbocycles. The van der Waals surface area contributed by atoms with Gasteiger partial charge in [0.2, 0.25) is 0 Å². The van der Waals surface area contributed by atoms with E-state index in [1.807, 2.05) is 55.0 Å². The number of fused-ring (bicyclic) bond motifs is 1. The Morgan fingerprint density at radius 2 is 1.48 bits per heavy atom. The van der Waals surface area contributed by atoms with E-state index >= 15 is 0 Å². The van der Waals surface area contributed by atoms with Crippen LogP contribution in [0.5, 0.6) is 0 Å². The van der Waals surface area contributed by atoms with E-state index in [2.05, 4.69) is 27.1 Å². The zero-order valence-electron chi connectivity index (χ0n) is 13.2. The predicted octanol–water partition coefficient (Wildman–Crippen LogP) is 4.03. The van der Waals surface area contributed by atoms with Crippen molar-refractivity contribution in [3.8, 4) is 0 Å². The summed E-state index contributed by atoms with van der Waals surface area (Å²) in [5, 5.41) is 9.56. The quantitative estimate of drug-likeness (QED) is 0.487. The molecule has 0 saturated carbocycles. The first-order chi connectivity index (χ1) is 11.8. The molecule has 1 radical (unpaired) electrons. The predicted molar refractivity (Wildman–Crippen MR) is 93.7 cm³/mol. The van der Waals surface area contributed by atoms with Gasteiger partial charge in [-0.25, -0.2) is 4.79 Å². The molecule has 4 aromatic rings. The molecule has 0 fully saturated rings. The van der Waals surface area contributed by atoms with Crippen LogP contribution in [-0.2, 0) is 17.1 Å². The number of para-hydroxylation sites is 1. The van der Waals surface area contributed by atoms with Gasteiger partial charge in [0.05, 0.1) is 11.1 Å². The Hall–Kier alpha value is -2.95. The first kappa shape index (κ1) is 20.1. The Bertz CT molecular complexity index is 770. The van der Waals surface area contributed by atoms with Crippen LogP contribution in [0.2, 0.25) is 0 Å². The third-order valence-corrected chi connectivity index (χ3v) is 2.94. The van der Waals surface area contributed by atoms with Gasteiger partial charge in [-0.3, -0.25) is 9.97 Å². The standard InChI is InChI=1S/C9H7N.C6H5NO2.C4H5N.Cu/c1-2-6-9-8(4-1)5-3-7-10-9;8-6(9)5-1-3-7-4-2-5;1-2-4-5-3-1;/h1-7H;1-4H,(H,8,9);1-5H;. The van der Waals surface area contributed by atoms with Crippen molar-refractivity contribution in [2.75, 3.05) is 0 Å². The smallest absolute Gasteiger partial charge is 0.335 e. The third kappa shape index (κ3) is 7.44. The van der Waals surface area contributed by atoms with E-state index < -0.39 is 5.97 Å². The van der Waals surface area contributed by atoms with Gasteiger partial charge in [-0.15, -0.1) is 0 Å². The Morgan fingerprint density at radius 3 is 2.00 bits per heavy atom. The van der Waals surface area contributed by atoms with Crippen molar-refractivity contribution >= 4 is 16.9 Å². The van der Waals surface area contributed by atoms with Crippen molar-refractivity contribution in [1.82, 2.24) is 15.0 Å². The maximum absolute atomic E-state index is 10.2. The molecule has 0 bridgehead atoms. The zero-order valence-corrected chi connectivity index (χ0v) is 14.2. The average Bonchev–Trinajstić information content (AvgIpc) is 3.23. The van der Waals surface area contributed by atoms with Crippen LogP contribution in [0.25, 0.3) is 10.9 Å². The summed E-state index contributed by atoms with van der Waals surface area (Å²) < 4.78 is 0. The fourth-order valence-corrected chi connectivity index (χ4v) is 1.79. The number of carboxylic acid groups (broad SMARTS) is 1. The van der Waals surface area contributed by atoms with E-state index in [1.54, 1.807) is 0 Å². The van der Waals surface area contributed by atoms with Crippen molar-refractivity contribution in [2.24, 2.45) is 0 Å². The molecule has 0 unspecified atom stereocenters. The van der Waals surface area contributed by atoms with Crippen LogP contribution in [0.15, 0.2) is 91.6 Å². The van der Waals surface area contributed by atoms with Gasteiger partial charge in [-0.1, -0.05) is 24.3 Å². The van der Waals surface area contributed by atoms with Crippen LogP contribution in [0.1, 0.15) is 10.4 Å². The number of aromatic nitrogens is 3. The van der Waals surface area contributed by atoms with Gasteiger partial charge in [0.15, 0.2) is 0 Å². The van der Waals surface area contributed by atoms with Crippen molar-refractivity contribution in [3.63, 3.8) is 0 Å². The molecule has 0 amide bonds. The van der Waals surface area contributed by atoms with E-state index in [0.717, 1.165) is 5.52 Å². The molecule has 2 N–H and O–H groups in total. The molecule has 0 aliphatic heterocycles. The molecule has 3 aromatic heterocycles. The van der Waals surface area contributed by atoms with Crippen molar-refractivity contribution in [2.45, 2.75) is 0 Å². The fourth-order valence-electron chi connectivity index (χ4n) is 1.79. The average molecular weight is 383 g/mol. The molecule has 0 aliphatic carbocycles. The minimum absolute atomic E-state index is 0. The SMILES string of the molecule is O=C(O)c1ccncc1.[Cu].c1cc[nH]c1.c1ccc2ncccc2c1. The molecule has 131 valence electrons. The van der Waals surface area contributed by atoms with Gasteiger partial charge in [-0.05, 0) is 36.4 Å². The number of pyridine rings is 2. The number of H-pyrrole nitrogens is 1. The normalized spacial score (nSPS) is 8.80. The number of nitrogens with one attached hydrogen (secondary N) is 1. The van der Waals surface area contributed by atoms with Crippen LogP contribution < -0.4 is 0 Å². The number of benzene rings is 1. The summed E-state index contributed by atoms with van der Waals surface area (Å²) in [4.78, 5) is 20.9. The molecule has 0 spiro atoms. The maximum atomic E-state index is 10.2. The summed E-state index contributed by atoms with van der Waals surface area (Å²) in [6.45, 7) is 0. The van der Waals surface area contributed by atoms with E-state index in [0.29, 0.717) is 0 Å². The summed E-state index contributed by atoms with van der Waals surface area (Å²) >= 11 is 0. The molecule has 0 atom stereocenters. The number of nitrogens with zero attached hydrogens (tertiary/aromatic N) is 2. The summed E-state index contributed by atoms with van der Waals surface area (Å²) in [6, 6.07) is 18.9. The van der Waals surface area contributed by atoms with E-state index in [9.17, 15) is 4.79 Å². The minimum Gasteiger partial charge on any atom is -0.478 e. The third-order valence-electron chi connectivity index (χ3n) is 2.94. The second kappa shape index (κ2) is 11.6. The minimum atomic E-state index is -0.919. The van der Waals surface area contributed by atoms with E-state index in [4.69, 9.17) is 5.11 Å². The Balaban J connectivity index is 0.000000193. The van der Waals surface area contributed by atoms with Gasteiger partial charge in [0.25, 0.3) is 0 Å². The van der Waals surface area contributed by atoms with Crippen LogP contribution in [0, 0.1) is 0 Å². The number of carbonyl (C=O) groups is 1. The summed E-state index contributed by atoms with van der Waals surface area (Å²) in [7, 11) is 0. The monoisotopic (exact) mass is 382 g/mol. The maximum Gasteiger partial charge on any atom is 0.335 e. The van der Waals surface area contributed by atoms with Crippen LogP contribution in [0.4, 0.5) is 0 Å². The molecule has 6 heteroatoms. The van der Waals surface area contributed by atoms with Crippen molar-refractivity contribution in [1.29, 1.82) is 0 Å². The first-order valence-electron chi connectivity index (χ1n) is 7.28. The van der Waals surface area contributed by atoms with Crippen molar-refractivity contribution in [3.05, 3.63) is 97.2 Å². The molecular formula is C19H17CuN3O2. The Morgan fingerprint density at radius 1 is 0.840 bits per heavy atom. The molecule has 5 nitrogen and oxygen atoms in total. The first-order valence-corrected chi connectivity index (χ1v) is 7.28. The van der Waals surface area contributed by atoms with Crippen LogP contribution >= 0.6 is 0 Å². The van der Waals surface area contributed by atoms with Crippen LogP contribution in [-0.4, -0.2) is 26.0 Å².